The highest BCUT2D eigenvalue weighted by Gasteiger charge is 2.20. The van der Waals surface area contributed by atoms with E-state index in [1.807, 2.05) is 42.2 Å². The molecule has 4 nitrogen and oxygen atoms in total. The molecular weight excluding hydrogens is 252 g/mol. The molecule has 1 aliphatic rings. The van der Waals surface area contributed by atoms with Crippen LogP contribution in [0.3, 0.4) is 0 Å². The van der Waals surface area contributed by atoms with Gasteiger partial charge in [0.2, 0.25) is 0 Å². The third-order valence-corrected chi connectivity index (χ3v) is 3.62. The van der Waals surface area contributed by atoms with E-state index in [1.54, 1.807) is 0 Å². The van der Waals surface area contributed by atoms with Gasteiger partial charge in [-0.1, -0.05) is 17.7 Å². The molecule has 0 atom stereocenters. The molecular formula is C16H18N2O2. The maximum Gasteiger partial charge on any atom is 0.260 e. The highest BCUT2D eigenvalue weighted by Crippen LogP contribution is 2.14. The van der Waals surface area contributed by atoms with Crippen molar-refractivity contribution in [3.05, 3.63) is 53.9 Å². The second-order valence-corrected chi connectivity index (χ2v) is 5.11. The molecule has 0 saturated carbocycles. The minimum Gasteiger partial charge on any atom is -0.484 e. The van der Waals surface area contributed by atoms with Crippen LogP contribution in [0.15, 0.2) is 42.6 Å². The van der Waals surface area contributed by atoms with Gasteiger partial charge >= 0.3 is 0 Å². The van der Waals surface area contributed by atoms with Crippen molar-refractivity contribution in [3.63, 3.8) is 0 Å². The average molecular weight is 270 g/mol. The minimum atomic E-state index is 0.0398. The van der Waals surface area contributed by atoms with Crippen LogP contribution < -0.4 is 4.74 Å². The Kier molecular flexibility index (Phi) is 3.46. The predicted molar refractivity (Wildman–Crippen MR) is 76.5 cm³/mol. The van der Waals surface area contributed by atoms with Crippen molar-refractivity contribution >= 4 is 5.91 Å². The number of hydrogen-bond acceptors (Lipinski definition) is 2. The Bertz CT molecular complexity index is 601. The Morgan fingerprint density at radius 1 is 1.20 bits per heavy atom. The third kappa shape index (κ3) is 2.69. The number of ether oxygens (including phenoxy) is 1. The Labute approximate surface area is 118 Å². The van der Waals surface area contributed by atoms with Gasteiger partial charge in [-0.2, -0.15) is 0 Å². The van der Waals surface area contributed by atoms with Gasteiger partial charge in [0.25, 0.3) is 5.91 Å². The fraction of sp³-hybridized carbons (Fsp3) is 0.312. The van der Waals surface area contributed by atoms with E-state index in [0.717, 1.165) is 18.8 Å². The van der Waals surface area contributed by atoms with Crippen LogP contribution in [0.1, 0.15) is 11.3 Å². The van der Waals surface area contributed by atoms with E-state index in [9.17, 15) is 4.79 Å². The van der Waals surface area contributed by atoms with Crippen molar-refractivity contribution in [2.45, 2.75) is 20.0 Å². The number of carbonyl (C=O) groups excluding carboxylic acids is 1. The number of nitrogens with zero attached hydrogens (tertiary/aromatic N) is 2. The molecule has 1 aliphatic heterocycles. The van der Waals surface area contributed by atoms with Crippen molar-refractivity contribution in [2.75, 3.05) is 13.2 Å². The number of rotatable bonds is 3. The van der Waals surface area contributed by atoms with Crippen LogP contribution >= 0.6 is 0 Å². The molecule has 2 heterocycles. The Balaban J connectivity index is 1.56. The zero-order chi connectivity index (χ0) is 13.9. The molecule has 20 heavy (non-hydrogen) atoms. The van der Waals surface area contributed by atoms with E-state index in [0.29, 0.717) is 6.54 Å². The van der Waals surface area contributed by atoms with Crippen LogP contribution in [-0.4, -0.2) is 28.5 Å². The van der Waals surface area contributed by atoms with Crippen molar-refractivity contribution in [1.29, 1.82) is 0 Å². The number of fused-ring (bicyclic) bond motifs is 1. The van der Waals surface area contributed by atoms with Gasteiger partial charge in [0.05, 0.1) is 6.54 Å². The van der Waals surface area contributed by atoms with E-state index in [2.05, 4.69) is 16.8 Å². The van der Waals surface area contributed by atoms with E-state index in [-0.39, 0.29) is 12.5 Å². The molecule has 1 amide bonds. The summed E-state index contributed by atoms with van der Waals surface area (Å²) in [6, 6.07) is 11.8. The number of aromatic nitrogens is 1. The normalized spacial score (nSPS) is 13.9. The van der Waals surface area contributed by atoms with Gasteiger partial charge in [0.1, 0.15) is 5.75 Å². The zero-order valence-corrected chi connectivity index (χ0v) is 11.6. The molecule has 0 unspecified atom stereocenters. The lowest BCUT2D eigenvalue weighted by Gasteiger charge is -2.28. The molecule has 3 rings (SSSR count). The molecule has 0 saturated heterocycles. The molecule has 2 aromatic rings. The second-order valence-electron chi connectivity index (χ2n) is 5.11. The zero-order valence-electron chi connectivity index (χ0n) is 11.6. The van der Waals surface area contributed by atoms with Crippen LogP contribution in [-0.2, 0) is 17.9 Å². The molecule has 1 aromatic carbocycles. The predicted octanol–water partition coefficient (Wildman–Crippen LogP) is 2.22. The maximum absolute atomic E-state index is 12.2. The first kappa shape index (κ1) is 12.8. The lowest BCUT2D eigenvalue weighted by molar-refractivity contribution is -0.134. The number of aryl methyl sites for hydroxylation is 1. The third-order valence-electron chi connectivity index (χ3n) is 3.62. The number of hydrogen-bond donors (Lipinski definition) is 0. The molecule has 0 radical (unpaired) electrons. The largest absolute Gasteiger partial charge is 0.484 e. The summed E-state index contributed by atoms with van der Waals surface area (Å²) in [7, 11) is 0. The molecule has 0 fully saturated rings. The fourth-order valence-corrected chi connectivity index (χ4v) is 2.40. The van der Waals surface area contributed by atoms with Gasteiger partial charge in [-0.3, -0.25) is 4.79 Å². The van der Waals surface area contributed by atoms with Crippen LogP contribution in [0.25, 0.3) is 0 Å². The van der Waals surface area contributed by atoms with Crippen LogP contribution in [0, 0.1) is 6.92 Å². The summed E-state index contributed by atoms with van der Waals surface area (Å²) in [6.45, 7) is 4.40. The van der Waals surface area contributed by atoms with Gasteiger partial charge in [0.15, 0.2) is 6.61 Å². The molecule has 0 N–H and O–H groups in total. The quantitative estimate of drug-likeness (QED) is 0.857. The second kappa shape index (κ2) is 5.41. The van der Waals surface area contributed by atoms with Crippen molar-refractivity contribution in [3.8, 4) is 5.75 Å². The monoisotopic (exact) mass is 270 g/mol. The first-order valence-corrected chi connectivity index (χ1v) is 6.83. The highest BCUT2D eigenvalue weighted by molar-refractivity contribution is 5.77. The Morgan fingerprint density at radius 2 is 2.00 bits per heavy atom. The molecule has 1 aromatic heterocycles. The van der Waals surface area contributed by atoms with Gasteiger partial charge in [-0.15, -0.1) is 0 Å². The van der Waals surface area contributed by atoms with Gasteiger partial charge < -0.3 is 14.2 Å². The molecule has 0 spiro atoms. The highest BCUT2D eigenvalue weighted by atomic mass is 16.5. The molecule has 0 bridgehead atoms. The Hall–Kier alpha value is -2.23. The van der Waals surface area contributed by atoms with Crippen LogP contribution in [0.5, 0.6) is 5.75 Å². The summed E-state index contributed by atoms with van der Waals surface area (Å²) in [4.78, 5) is 14.0. The van der Waals surface area contributed by atoms with Crippen molar-refractivity contribution in [2.24, 2.45) is 0 Å². The lowest BCUT2D eigenvalue weighted by atomic mass is 10.2. The fourth-order valence-electron chi connectivity index (χ4n) is 2.40. The van der Waals surface area contributed by atoms with Crippen LogP contribution in [0.2, 0.25) is 0 Å². The molecule has 0 aliphatic carbocycles. The SMILES string of the molecule is Cc1ccc(OCC(=O)N2CCn3cccc3C2)cc1. The summed E-state index contributed by atoms with van der Waals surface area (Å²) in [5.74, 6) is 0.780. The number of benzene rings is 1. The summed E-state index contributed by atoms with van der Waals surface area (Å²) in [5.41, 5.74) is 2.36. The molecule has 104 valence electrons. The van der Waals surface area contributed by atoms with E-state index in [4.69, 9.17) is 4.74 Å². The maximum atomic E-state index is 12.2. The van der Waals surface area contributed by atoms with E-state index < -0.39 is 0 Å². The topological polar surface area (TPSA) is 34.5 Å². The van der Waals surface area contributed by atoms with Gasteiger partial charge in [-0.05, 0) is 31.2 Å². The summed E-state index contributed by atoms with van der Waals surface area (Å²) in [6.07, 6.45) is 2.06. The summed E-state index contributed by atoms with van der Waals surface area (Å²) < 4.78 is 7.73. The lowest BCUT2D eigenvalue weighted by Crippen LogP contribution is -2.40. The number of amides is 1. The average Bonchev–Trinajstić information content (AvgIpc) is 2.93. The number of carbonyl (C=O) groups is 1. The minimum absolute atomic E-state index is 0.0398. The van der Waals surface area contributed by atoms with Crippen LogP contribution in [0.4, 0.5) is 0 Å². The first-order valence-electron chi connectivity index (χ1n) is 6.83. The smallest absolute Gasteiger partial charge is 0.260 e. The van der Waals surface area contributed by atoms with E-state index >= 15 is 0 Å². The standard InChI is InChI=1S/C16H18N2O2/c1-13-4-6-15(7-5-13)20-12-16(19)18-10-9-17-8-2-3-14(17)11-18/h2-8H,9-12H2,1H3. The molecule has 4 heteroatoms. The Morgan fingerprint density at radius 3 is 2.80 bits per heavy atom. The van der Waals surface area contributed by atoms with Crippen molar-refractivity contribution < 1.29 is 9.53 Å². The summed E-state index contributed by atoms with van der Waals surface area (Å²) >= 11 is 0. The van der Waals surface area contributed by atoms with Crippen molar-refractivity contribution in [1.82, 2.24) is 9.47 Å². The van der Waals surface area contributed by atoms with E-state index in [1.165, 1.54) is 11.3 Å². The first-order chi connectivity index (χ1) is 9.72. The van der Waals surface area contributed by atoms with Gasteiger partial charge in [-0.25, -0.2) is 0 Å². The summed E-state index contributed by atoms with van der Waals surface area (Å²) in [5, 5.41) is 0. The van der Waals surface area contributed by atoms with Gasteiger partial charge in [0, 0.05) is 25.0 Å².